The van der Waals surface area contributed by atoms with Gasteiger partial charge in [0, 0.05) is 18.4 Å². The van der Waals surface area contributed by atoms with Crippen molar-refractivity contribution in [3.63, 3.8) is 0 Å². The predicted molar refractivity (Wildman–Crippen MR) is 78.9 cm³/mol. The quantitative estimate of drug-likeness (QED) is 0.837. The molecule has 3 rings (SSSR count). The summed E-state index contributed by atoms with van der Waals surface area (Å²) in [5.74, 6) is 1.84. The Morgan fingerprint density at radius 2 is 2.11 bits per heavy atom. The number of benzene rings is 1. The van der Waals surface area contributed by atoms with E-state index in [1.807, 2.05) is 0 Å². The molecule has 0 radical (unpaired) electrons. The second-order valence-electron chi connectivity index (χ2n) is 5.84. The molecule has 1 aliphatic heterocycles. The van der Waals surface area contributed by atoms with Crippen LogP contribution in [0.4, 0.5) is 0 Å². The summed E-state index contributed by atoms with van der Waals surface area (Å²) in [7, 11) is 0. The summed E-state index contributed by atoms with van der Waals surface area (Å²) in [6, 6.07) is 7.37. The van der Waals surface area contributed by atoms with Crippen LogP contribution in [0.25, 0.3) is 0 Å². The number of hydrogen-bond donors (Lipinski definition) is 1. The topological polar surface area (TPSA) is 21.3 Å². The molecule has 1 saturated carbocycles. The molecular formula is C17H25NO. The third-order valence-corrected chi connectivity index (χ3v) is 4.63. The van der Waals surface area contributed by atoms with Crippen molar-refractivity contribution in [1.82, 2.24) is 5.32 Å². The van der Waals surface area contributed by atoms with Crippen molar-refractivity contribution in [3.05, 3.63) is 29.3 Å². The molecule has 0 spiro atoms. The maximum absolute atomic E-state index is 5.92. The molecule has 2 unspecified atom stereocenters. The Kier molecular flexibility index (Phi) is 4.07. The zero-order valence-electron chi connectivity index (χ0n) is 12.0. The Bertz CT molecular complexity index is 429. The van der Waals surface area contributed by atoms with E-state index >= 15 is 0 Å². The molecule has 0 amide bonds. The van der Waals surface area contributed by atoms with Crippen LogP contribution in [-0.2, 0) is 6.42 Å². The van der Waals surface area contributed by atoms with E-state index in [1.165, 1.54) is 49.0 Å². The lowest BCUT2D eigenvalue weighted by molar-refractivity contribution is 0.342. The fourth-order valence-electron chi connectivity index (χ4n) is 3.72. The van der Waals surface area contributed by atoms with Crippen LogP contribution in [-0.4, -0.2) is 19.2 Å². The van der Waals surface area contributed by atoms with Gasteiger partial charge >= 0.3 is 0 Å². The van der Waals surface area contributed by atoms with E-state index in [9.17, 15) is 0 Å². The fraction of sp³-hybridized carbons (Fsp3) is 0.647. The smallest absolute Gasteiger partial charge is 0.126 e. The minimum Gasteiger partial charge on any atom is -0.493 e. The van der Waals surface area contributed by atoms with E-state index in [-0.39, 0.29) is 0 Å². The number of ether oxygens (including phenoxy) is 1. The summed E-state index contributed by atoms with van der Waals surface area (Å²) in [6.45, 7) is 4.15. The summed E-state index contributed by atoms with van der Waals surface area (Å²) in [6.07, 6.45) is 7.80. The summed E-state index contributed by atoms with van der Waals surface area (Å²) in [4.78, 5) is 0. The van der Waals surface area contributed by atoms with Crippen LogP contribution in [0, 0.1) is 0 Å². The number of fused-ring (bicyclic) bond motifs is 1. The highest BCUT2D eigenvalue weighted by Gasteiger charge is 2.29. The first-order chi connectivity index (χ1) is 9.40. The fourth-order valence-corrected chi connectivity index (χ4v) is 3.72. The molecule has 19 heavy (non-hydrogen) atoms. The number of para-hydroxylation sites is 1. The van der Waals surface area contributed by atoms with Crippen LogP contribution in [0.5, 0.6) is 5.75 Å². The van der Waals surface area contributed by atoms with Crippen LogP contribution < -0.4 is 10.1 Å². The van der Waals surface area contributed by atoms with Crippen molar-refractivity contribution in [3.8, 4) is 5.75 Å². The highest BCUT2D eigenvalue weighted by molar-refractivity contribution is 5.46. The summed E-state index contributed by atoms with van der Waals surface area (Å²) in [5, 5.41) is 3.71. The first-order valence-electron chi connectivity index (χ1n) is 7.88. The largest absolute Gasteiger partial charge is 0.493 e. The zero-order chi connectivity index (χ0) is 13.1. The average molecular weight is 259 g/mol. The zero-order valence-corrected chi connectivity index (χ0v) is 12.0. The van der Waals surface area contributed by atoms with Gasteiger partial charge in [-0.2, -0.15) is 0 Å². The van der Waals surface area contributed by atoms with Crippen molar-refractivity contribution >= 4 is 0 Å². The van der Waals surface area contributed by atoms with Crippen LogP contribution in [0.3, 0.4) is 0 Å². The maximum Gasteiger partial charge on any atom is 0.126 e. The Morgan fingerprint density at radius 3 is 3.00 bits per heavy atom. The molecule has 0 aromatic heterocycles. The van der Waals surface area contributed by atoms with E-state index < -0.39 is 0 Å². The highest BCUT2D eigenvalue weighted by atomic mass is 16.5. The Balaban J connectivity index is 1.91. The van der Waals surface area contributed by atoms with E-state index in [0.29, 0.717) is 12.0 Å². The van der Waals surface area contributed by atoms with Gasteiger partial charge < -0.3 is 10.1 Å². The van der Waals surface area contributed by atoms with Gasteiger partial charge in [0.15, 0.2) is 0 Å². The Morgan fingerprint density at radius 1 is 1.21 bits per heavy atom. The third-order valence-electron chi connectivity index (χ3n) is 4.63. The van der Waals surface area contributed by atoms with Gasteiger partial charge in [-0.1, -0.05) is 44.4 Å². The van der Waals surface area contributed by atoms with Crippen LogP contribution in [0.2, 0.25) is 0 Å². The van der Waals surface area contributed by atoms with Crippen molar-refractivity contribution < 1.29 is 4.74 Å². The summed E-state index contributed by atoms with van der Waals surface area (Å²) in [5.41, 5.74) is 2.87. The molecular weight excluding hydrogens is 234 g/mol. The molecule has 0 saturated heterocycles. The van der Waals surface area contributed by atoms with Gasteiger partial charge in [0.1, 0.15) is 5.75 Å². The van der Waals surface area contributed by atoms with Gasteiger partial charge in [-0.25, -0.2) is 0 Å². The first-order valence-corrected chi connectivity index (χ1v) is 7.88. The van der Waals surface area contributed by atoms with Crippen LogP contribution in [0.15, 0.2) is 18.2 Å². The van der Waals surface area contributed by atoms with Crippen LogP contribution >= 0.6 is 0 Å². The number of nitrogens with one attached hydrogen (secondary N) is 1. The van der Waals surface area contributed by atoms with Gasteiger partial charge in [0.05, 0.1) is 6.61 Å². The maximum atomic E-state index is 5.92. The van der Waals surface area contributed by atoms with E-state index in [2.05, 4.69) is 30.4 Å². The molecule has 1 heterocycles. The predicted octanol–water partition coefficient (Wildman–Crippen LogP) is 3.65. The van der Waals surface area contributed by atoms with E-state index in [1.54, 1.807) is 0 Å². The average Bonchev–Trinajstić information content (AvgIpc) is 2.79. The van der Waals surface area contributed by atoms with E-state index in [4.69, 9.17) is 4.74 Å². The van der Waals surface area contributed by atoms with E-state index in [0.717, 1.165) is 19.6 Å². The second kappa shape index (κ2) is 5.96. The summed E-state index contributed by atoms with van der Waals surface area (Å²) >= 11 is 0. The van der Waals surface area contributed by atoms with Crippen molar-refractivity contribution in [2.24, 2.45) is 0 Å². The molecule has 2 heteroatoms. The molecule has 1 aromatic rings. The minimum absolute atomic E-state index is 0.628. The van der Waals surface area contributed by atoms with Gasteiger partial charge in [-0.15, -0.1) is 0 Å². The summed E-state index contributed by atoms with van der Waals surface area (Å²) < 4.78 is 5.92. The second-order valence-corrected chi connectivity index (χ2v) is 5.84. The first kappa shape index (κ1) is 13.0. The minimum atomic E-state index is 0.628. The van der Waals surface area contributed by atoms with Gasteiger partial charge in [0.2, 0.25) is 0 Å². The van der Waals surface area contributed by atoms with Gasteiger partial charge in [0.25, 0.3) is 0 Å². The number of rotatable bonds is 3. The van der Waals surface area contributed by atoms with Gasteiger partial charge in [-0.05, 0) is 30.5 Å². The molecule has 0 bridgehead atoms. The molecule has 1 fully saturated rings. The molecule has 2 aliphatic rings. The molecule has 2 atom stereocenters. The SMILES string of the molecule is CCNC1CCCCCC1c1cccc2c1OCC2. The van der Waals surface area contributed by atoms with Crippen molar-refractivity contribution in [1.29, 1.82) is 0 Å². The number of likely N-dealkylation sites (N-methyl/N-ethyl adjacent to an activating group) is 1. The van der Waals surface area contributed by atoms with Crippen molar-refractivity contribution in [2.75, 3.05) is 13.2 Å². The van der Waals surface area contributed by atoms with Gasteiger partial charge in [-0.3, -0.25) is 0 Å². The highest BCUT2D eigenvalue weighted by Crippen LogP contribution is 2.40. The number of hydrogen-bond acceptors (Lipinski definition) is 2. The lowest BCUT2D eigenvalue weighted by Crippen LogP contribution is -2.34. The molecule has 1 N–H and O–H groups in total. The Hall–Kier alpha value is -1.02. The Labute approximate surface area is 116 Å². The molecule has 2 nitrogen and oxygen atoms in total. The van der Waals surface area contributed by atoms with Crippen LogP contribution in [0.1, 0.15) is 56.1 Å². The molecule has 1 aromatic carbocycles. The lowest BCUT2D eigenvalue weighted by atomic mass is 9.86. The monoisotopic (exact) mass is 259 g/mol. The third kappa shape index (κ3) is 2.64. The normalized spacial score (nSPS) is 26.6. The standard InChI is InChI=1S/C17H25NO/c1-2-18-16-10-5-3-4-8-14(16)15-9-6-7-13-11-12-19-17(13)15/h6-7,9,14,16,18H,2-5,8,10-12H2,1H3. The van der Waals surface area contributed by atoms with Crippen molar-refractivity contribution in [2.45, 2.75) is 57.4 Å². The molecule has 1 aliphatic carbocycles. The molecule has 104 valence electrons. The lowest BCUT2D eigenvalue weighted by Gasteiger charge is -2.27.